The molecule has 0 aliphatic carbocycles. The van der Waals surface area contributed by atoms with Crippen molar-refractivity contribution in [3.63, 3.8) is 0 Å². The van der Waals surface area contributed by atoms with E-state index in [1.807, 2.05) is 0 Å². The molecule has 0 saturated carbocycles. The lowest BCUT2D eigenvalue weighted by Gasteiger charge is -2.14. The maximum absolute atomic E-state index is 13.2. The van der Waals surface area contributed by atoms with Crippen molar-refractivity contribution >= 4 is 17.4 Å². The summed E-state index contributed by atoms with van der Waals surface area (Å²) in [5.41, 5.74) is 1.69. The largest absolute Gasteiger partial charge is 0.325 e. The summed E-state index contributed by atoms with van der Waals surface area (Å²) in [6.07, 6.45) is 0. The molecule has 2 aromatic carbocycles. The average molecular weight is 332 g/mol. The lowest BCUT2D eigenvalue weighted by molar-refractivity contribution is -0.115. The van der Waals surface area contributed by atoms with Gasteiger partial charge in [0.05, 0.1) is 6.54 Å². The summed E-state index contributed by atoms with van der Waals surface area (Å²) in [5, 5.41) is 5.63. The van der Waals surface area contributed by atoms with Crippen LogP contribution >= 0.6 is 0 Å². The van der Waals surface area contributed by atoms with Crippen LogP contribution in [0, 0.1) is 11.6 Å². The van der Waals surface area contributed by atoms with Crippen LogP contribution in [0.2, 0.25) is 0 Å². The van der Waals surface area contributed by atoms with Gasteiger partial charge in [-0.1, -0.05) is 6.07 Å². The highest BCUT2D eigenvalue weighted by Gasteiger charge is 2.11. The molecule has 0 aliphatic heterocycles. The highest BCUT2D eigenvalue weighted by Crippen LogP contribution is 2.16. The topological polar surface area (TPSA) is 58.2 Å². The predicted octanol–water partition coefficient (Wildman–Crippen LogP) is 3.46. The Bertz CT molecular complexity index is 745. The number of nitrogens with one attached hydrogen (secondary N) is 2. The fourth-order valence-electron chi connectivity index (χ4n) is 2.14. The number of anilines is 1. The zero-order chi connectivity index (χ0) is 17.7. The molecule has 1 amide bonds. The fraction of sp³-hybridized carbons (Fsp3) is 0.222. The van der Waals surface area contributed by atoms with Crippen LogP contribution in [0.25, 0.3) is 0 Å². The van der Waals surface area contributed by atoms with Gasteiger partial charge in [0.15, 0.2) is 17.4 Å². The predicted molar refractivity (Wildman–Crippen MR) is 87.9 cm³/mol. The van der Waals surface area contributed by atoms with Crippen molar-refractivity contribution in [2.75, 3.05) is 11.9 Å². The highest BCUT2D eigenvalue weighted by molar-refractivity contribution is 5.96. The number of hydrogen-bond donors (Lipinski definition) is 2. The molecule has 0 aromatic heterocycles. The summed E-state index contributed by atoms with van der Waals surface area (Å²) in [6, 6.07) is 9.87. The first-order valence-electron chi connectivity index (χ1n) is 7.46. The quantitative estimate of drug-likeness (QED) is 0.797. The second kappa shape index (κ2) is 7.79. The summed E-state index contributed by atoms with van der Waals surface area (Å²) < 4.78 is 26.1. The summed E-state index contributed by atoms with van der Waals surface area (Å²) >= 11 is 0. The van der Waals surface area contributed by atoms with Gasteiger partial charge < -0.3 is 10.6 Å². The van der Waals surface area contributed by atoms with E-state index < -0.39 is 11.6 Å². The fourth-order valence-corrected chi connectivity index (χ4v) is 2.14. The Morgan fingerprint density at radius 1 is 1.04 bits per heavy atom. The second-order valence-corrected chi connectivity index (χ2v) is 5.46. The Kier molecular flexibility index (Phi) is 5.76. The Morgan fingerprint density at radius 2 is 1.71 bits per heavy atom. The lowest BCUT2D eigenvalue weighted by Crippen LogP contribution is -2.30. The van der Waals surface area contributed by atoms with E-state index in [1.165, 1.54) is 13.0 Å². The van der Waals surface area contributed by atoms with Crippen LogP contribution in [0.1, 0.15) is 35.8 Å². The lowest BCUT2D eigenvalue weighted by atomic mass is 10.1. The summed E-state index contributed by atoms with van der Waals surface area (Å²) in [6.45, 7) is 3.23. The molecule has 0 heterocycles. The minimum atomic E-state index is -0.920. The van der Waals surface area contributed by atoms with Crippen molar-refractivity contribution in [1.82, 2.24) is 5.32 Å². The van der Waals surface area contributed by atoms with Crippen molar-refractivity contribution in [3.05, 3.63) is 65.2 Å². The van der Waals surface area contributed by atoms with E-state index in [4.69, 9.17) is 0 Å². The van der Waals surface area contributed by atoms with Gasteiger partial charge in [-0.25, -0.2) is 8.78 Å². The molecule has 0 spiro atoms. The molecule has 0 radical (unpaired) electrons. The molecule has 4 nitrogen and oxygen atoms in total. The number of carbonyl (C=O) groups is 2. The molecule has 2 aromatic rings. The van der Waals surface area contributed by atoms with Gasteiger partial charge >= 0.3 is 0 Å². The van der Waals surface area contributed by atoms with Gasteiger partial charge in [0.1, 0.15) is 0 Å². The minimum Gasteiger partial charge on any atom is -0.325 e. The molecule has 1 atom stereocenters. The number of carbonyl (C=O) groups excluding carboxylic acids is 2. The highest BCUT2D eigenvalue weighted by atomic mass is 19.2. The monoisotopic (exact) mass is 332 g/mol. The van der Waals surface area contributed by atoms with Crippen molar-refractivity contribution in [3.8, 4) is 0 Å². The summed E-state index contributed by atoms with van der Waals surface area (Å²) in [7, 11) is 0. The molecule has 6 heteroatoms. The Hall–Kier alpha value is -2.60. The number of halogens is 2. The molecule has 0 bridgehead atoms. The van der Waals surface area contributed by atoms with Crippen LogP contribution in [-0.4, -0.2) is 18.2 Å². The van der Waals surface area contributed by atoms with Gasteiger partial charge in [-0.2, -0.15) is 0 Å². The van der Waals surface area contributed by atoms with Crippen molar-refractivity contribution < 1.29 is 18.4 Å². The first-order valence-corrected chi connectivity index (χ1v) is 7.46. The number of rotatable bonds is 6. The number of benzene rings is 2. The summed E-state index contributed by atoms with van der Waals surface area (Å²) in [4.78, 5) is 23.1. The first-order chi connectivity index (χ1) is 11.4. The third kappa shape index (κ3) is 4.70. The molecule has 2 N–H and O–H groups in total. The number of Topliss-reactive ketones (excluding diaryl/α,β-unsaturated/α-hetero) is 1. The zero-order valence-electron chi connectivity index (χ0n) is 13.4. The van der Waals surface area contributed by atoms with Crippen LogP contribution < -0.4 is 10.6 Å². The first kappa shape index (κ1) is 17.7. The maximum atomic E-state index is 13.2. The van der Waals surface area contributed by atoms with E-state index in [-0.39, 0.29) is 24.3 Å². The van der Waals surface area contributed by atoms with E-state index in [2.05, 4.69) is 10.6 Å². The minimum absolute atomic E-state index is 0.00855. The van der Waals surface area contributed by atoms with Crippen molar-refractivity contribution in [2.45, 2.75) is 19.9 Å². The van der Waals surface area contributed by atoms with Gasteiger partial charge in [-0.15, -0.1) is 0 Å². The third-order valence-corrected chi connectivity index (χ3v) is 3.59. The third-order valence-electron chi connectivity index (χ3n) is 3.59. The van der Waals surface area contributed by atoms with Gasteiger partial charge in [-0.05, 0) is 55.8 Å². The van der Waals surface area contributed by atoms with E-state index in [0.29, 0.717) is 16.8 Å². The van der Waals surface area contributed by atoms with Crippen molar-refractivity contribution in [2.24, 2.45) is 0 Å². The SMILES string of the molecule is CC(=O)c1ccc(NC(=O)CN[C@H](C)c2ccc(F)c(F)c2)cc1. The van der Waals surface area contributed by atoms with E-state index in [0.717, 1.165) is 12.1 Å². The normalized spacial score (nSPS) is 11.8. The van der Waals surface area contributed by atoms with Gasteiger partial charge in [0.25, 0.3) is 0 Å². The molecule has 0 unspecified atom stereocenters. The number of ketones is 1. The Labute approximate surface area is 138 Å². The molecule has 0 fully saturated rings. The Morgan fingerprint density at radius 3 is 2.29 bits per heavy atom. The van der Waals surface area contributed by atoms with Crippen molar-refractivity contribution in [1.29, 1.82) is 0 Å². The van der Waals surface area contributed by atoms with Crippen LogP contribution in [0.15, 0.2) is 42.5 Å². The van der Waals surface area contributed by atoms with Crippen LogP contribution in [0.5, 0.6) is 0 Å². The summed E-state index contributed by atoms with van der Waals surface area (Å²) in [5.74, 6) is -2.15. The van der Waals surface area contributed by atoms with E-state index >= 15 is 0 Å². The van der Waals surface area contributed by atoms with Crippen LogP contribution in [0.3, 0.4) is 0 Å². The van der Waals surface area contributed by atoms with Crippen LogP contribution in [0.4, 0.5) is 14.5 Å². The molecule has 2 rings (SSSR count). The van der Waals surface area contributed by atoms with Gasteiger partial charge in [0, 0.05) is 17.3 Å². The standard InChI is InChI=1S/C18H18F2N2O2/c1-11(14-5-8-16(19)17(20)9-14)21-10-18(24)22-15-6-3-13(4-7-15)12(2)23/h3-9,11,21H,10H2,1-2H3,(H,22,24)/t11-/m1/s1. The van der Waals surface area contributed by atoms with E-state index in [1.54, 1.807) is 31.2 Å². The van der Waals surface area contributed by atoms with Crippen LogP contribution in [-0.2, 0) is 4.79 Å². The second-order valence-electron chi connectivity index (χ2n) is 5.46. The molecular weight excluding hydrogens is 314 g/mol. The molecule has 126 valence electrons. The van der Waals surface area contributed by atoms with Gasteiger partial charge in [0.2, 0.25) is 5.91 Å². The molecule has 24 heavy (non-hydrogen) atoms. The maximum Gasteiger partial charge on any atom is 0.238 e. The molecule has 0 saturated heterocycles. The molecular formula is C18H18F2N2O2. The Balaban J connectivity index is 1.88. The molecule has 0 aliphatic rings. The number of amides is 1. The van der Waals surface area contributed by atoms with E-state index in [9.17, 15) is 18.4 Å². The smallest absolute Gasteiger partial charge is 0.238 e. The number of hydrogen-bond acceptors (Lipinski definition) is 3. The average Bonchev–Trinajstić information content (AvgIpc) is 2.55. The van der Waals surface area contributed by atoms with Gasteiger partial charge in [-0.3, -0.25) is 9.59 Å². The zero-order valence-corrected chi connectivity index (χ0v) is 13.4.